The Morgan fingerprint density at radius 1 is 1.60 bits per heavy atom. The summed E-state index contributed by atoms with van der Waals surface area (Å²) in [5.74, 6) is 0. The zero-order chi connectivity index (χ0) is 7.72. The van der Waals surface area contributed by atoms with Gasteiger partial charge in [-0.25, -0.2) is 4.79 Å². The molecule has 0 fully saturated rings. The van der Waals surface area contributed by atoms with Gasteiger partial charge >= 0.3 is 5.69 Å². The van der Waals surface area contributed by atoms with Crippen LogP contribution < -0.4 is 17.0 Å². The van der Waals surface area contributed by atoms with Crippen molar-refractivity contribution in [2.75, 3.05) is 5.73 Å². The van der Waals surface area contributed by atoms with Gasteiger partial charge in [-0.3, -0.25) is 9.78 Å². The van der Waals surface area contributed by atoms with Crippen LogP contribution in [0.15, 0.2) is 15.8 Å². The van der Waals surface area contributed by atoms with Crippen LogP contribution in [-0.4, -0.2) is 9.55 Å². The van der Waals surface area contributed by atoms with E-state index in [0.29, 0.717) is 0 Å². The summed E-state index contributed by atoms with van der Waals surface area (Å²) in [7, 11) is 1.51. The number of anilines is 1. The maximum Gasteiger partial charge on any atom is 0.328 e. The van der Waals surface area contributed by atoms with Crippen molar-refractivity contribution in [3.8, 4) is 0 Å². The highest BCUT2D eigenvalue weighted by Gasteiger charge is 1.94. The molecular formula is C5H7N3O2. The van der Waals surface area contributed by atoms with E-state index >= 15 is 0 Å². The molecule has 0 aliphatic heterocycles. The number of nitrogens with two attached hydrogens (primary N) is 1. The molecule has 0 saturated carbocycles. The number of hydrogen-bond acceptors (Lipinski definition) is 3. The summed E-state index contributed by atoms with van der Waals surface area (Å²) >= 11 is 0. The number of aromatic nitrogens is 2. The quantitative estimate of drug-likeness (QED) is 0.469. The van der Waals surface area contributed by atoms with E-state index in [1.165, 1.54) is 17.8 Å². The van der Waals surface area contributed by atoms with E-state index in [1.807, 2.05) is 4.98 Å². The molecule has 1 aromatic heterocycles. The van der Waals surface area contributed by atoms with Crippen molar-refractivity contribution in [2.45, 2.75) is 0 Å². The third-order valence-electron chi connectivity index (χ3n) is 1.14. The van der Waals surface area contributed by atoms with Crippen molar-refractivity contribution < 1.29 is 0 Å². The smallest absolute Gasteiger partial charge is 0.328 e. The maximum absolute atomic E-state index is 10.6. The van der Waals surface area contributed by atoms with Gasteiger partial charge in [0.15, 0.2) is 0 Å². The zero-order valence-corrected chi connectivity index (χ0v) is 5.42. The Morgan fingerprint density at radius 3 is 2.70 bits per heavy atom. The van der Waals surface area contributed by atoms with Gasteiger partial charge < -0.3 is 10.3 Å². The number of nitrogen functional groups attached to an aromatic ring is 1. The Labute approximate surface area is 56.1 Å². The molecule has 3 N–H and O–H groups in total. The van der Waals surface area contributed by atoms with Crippen molar-refractivity contribution >= 4 is 5.69 Å². The minimum absolute atomic E-state index is 0.0436. The molecule has 0 aromatic carbocycles. The van der Waals surface area contributed by atoms with Crippen LogP contribution in [0.25, 0.3) is 0 Å². The van der Waals surface area contributed by atoms with Crippen LogP contribution >= 0.6 is 0 Å². The SMILES string of the molecule is Cn1cc(N)c(=O)[nH]c1=O. The Balaban J connectivity index is 3.59. The summed E-state index contributed by atoms with van der Waals surface area (Å²) in [5.41, 5.74) is 4.23. The monoisotopic (exact) mass is 141 g/mol. The fourth-order valence-electron chi connectivity index (χ4n) is 0.583. The molecule has 5 nitrogen and oxygen atoms in total. The van der Waals surface area contributed by atoms with E-state index < -0.39 is 11.2 Å². The summed E-state index contributed by atoms with van der Waals surface area (Å²) in [5, 5.41) is 0. The van der Waals surface area contributed by atoms with Crippen LogP contribution in [0.5, 0.6) is 0 Å². The van der Waals surface area contributed by atoms with E-state index in [-0.39, 0.29) is 5.69 Å². The first-order valence-corrected chi connectivity index (χ1v) is 2.66. The number of aryl methyl sites for hydroxylation is 1. The van der Waals surface area contributed by atoms with Gasteiger partial charge in [0.2, 0.25) is 0 Å². The first-order valence-electron chi connectivity index (χ1n) is 2.66. The molecule has 0 bridgehead atoms. The molecule has 1 aromatic rings. The molecule has 1 heterocycles. The summed E-state index contributed by atoms with van der Waals surface area (Å²) < 4.78 is 1.21. The summed E-state index contributed by atoms with van der Waals surface area (Å²) in [6.07, 6.45) is 1.28. The van der Waals surface area contributed by atoms with Crippen LogP contribution in [-0.2, 0) is 7.05 Å². The van der Waals surface area contributed by atoms with E-state index in [4.69, 9.17) is 5.73 Å². The zero-order valence-electron chi connectivity index (χ0n) is 5.42. The molecule has 0 aliphatic rings. The lowest BCUT2D eigenvalue weighted by molar-refractivity contribution is 0.803. The van der Waals surface area contributed by atoms with E-state index in [9.17, 15) is 9.59 Å². The van der Waals surface area contributed by atoms with E-state index in [1.54, 1.807) is 0 Å². The second-order valence-electron chi connectivity index (χ2n) is 1.95. The Hall–Kier alpha value is -1.52. The van der Waals surface area contributed by atoms with Gasteiger partial charge in [-0.05, 0) is 0 Å². The minimum Gasteiger partial charge on any atom is -0.393 e. The number of hydrogen-bond donors (Lipinski definition) is 2. The highest BCUT2D eigenvalue weighted by Crippen LogP contribution is 1.81. The Bertz CT molecular complexity index is 317. The van der Waals surface area contributed by atoms with Crippen LogP contribution in [0.4, 0.5) is 5.69 Å². The largest absolute Gasteiger partial charge is 0.393 e. The Morgan fingerprint density at radius 2 is 2.20 bits per heavy atom. The molecule has 0 radical (unpaired) electrons. The molecule has 5 heteroatoms. The molecule has 0 spiro atoms. The van der Waals surface area contributed by atoms with Gasteiger partial charge in [0, 0.05) is 13.2 Å². The molecule has 54 valence electrons. The fraction of sp³-hybridized carbons (Fsp3) is 0.200. The van der Waals surface area contributed by atoms with Crippen molar-refractivity contribution in [3.05, 3.63) is 27.0 Å². The van der Waals surface area contributed by atoms with Crippen LogP contribution in [0.2, 0.25) is 0 Å². The molecule has 0 saturated heterocycles. The molecular weight excluding hydrogens is 134 g/mol. The van der Waals surface area contributed by atoms with Crippen molar-refractivity contribution in [1.29, 1.82) is 0 Å². The van der Waals surface area contributed by atoms with E-state index in [2.05, 4.69) is 0 Å². The fourth-order valence-corrected chi connectivity index (χ4v) is 0.583. The van der Waals surface area contributed by atoms with Crippen molar-refractivity contribution in [2.24, 2.45) is 7.05 Å². The number of H-pyrrole nitrogens is 1. The summed E-state index contributed by atoms with van der Waals surface area (Å²) in [6.45, 7) is 0. The van der Waals surface area contributed by atoms with Crippen molar-refractivity contribution in [1.82, 2.24) is 9.55 Å². The molecule has 0 aliphatic carbocycles. The number of rotatable bonds is 0. The van der Waals surface area contributed by atoms with Gasteiger partial charge in [-0.1, -0.05) is 0 Å². The average molecular weight is 141 g/mol. The molecule has 1 rings (SSSR count). The number of aromatic amines is 1. The van der Waals surface area contributed by atoms with Gasteiger partial charge in [0.05, 0.1) is 0 Å². The van der Waals surface area contributed by atoms with Gasteiger partial charge in [0.1, 0.15) is 5.69 Å². The molecule has 0 amide bonds. The first kappa shape index (κ1) is 6.60. The van der Waals surface area contributed by atoms with E-state index in [0.717, 1.165) is 0 Å². The highest BCUT2D eigenvalue weighted by atomic mass is 16.2. The highest BCUT2D eigenvalue weighted by molar-refractivity contribution is 5.29. The lowest BCUT2D eigenvalue weighted by Gasteiger charge is -1.94. The molecule has 10 heavy (non-hydrogen) atoms. The third kappa shape index (κ3) is 0.928. The number of nitrogens with zero attached hydrogens (tertiary/aromatic N) is 1. The van der Waals surface area contributed by atoms with Crippen molar-refractivity contribution in [3.63, 3.8) is 0 Å². The lowest BCUT2D eigenvalue weighted by Crippen LogP contribution is -2.29. The van der Waals surface area contributed by atoms with Gasteiger partial charge in [-0.15, -0.1) is 0 Å². The maximum atomic E-state index is 10.6. The third-order valence-corrected chi connectivity index (χ3v) is 1.14. The predicted molar refractivity (Wildman–Crippen MR) is 36.7 cm³/mol. The van der Waals surface area contributed by atoms with Crippen LogP contribution in [0.1, 0.15) is 0 Å². The topological polar surface area (TPSA) is 80.9 Å². The van der Waals surface area contributed by atoms with Crippen LogP contribution in [0, 0.1) is 0 Å². The molecule has 0 unspecified atom stereocenters. The second kappa shape index (κ2) is 2.02. The van der Waals surface area contributed by atoms with Gasteiger partial charge in [-0.2, -0.15) is 0 Å². The normalized spacial score (nSPS) is 9.70. The second-order valence-corrected chi connectivity index (χ2v) is 1.95. The number of nitrogens with one attached hydrogen (secondary N) is 1. The summed E-state index contributed by atoms with van der Waals surface area (Å²) in [6, 6.07) is 0. The predicted octanol–water partition coefficient (Wildman–Crippen LogP) is -1.34. The summed E-state index contributed by atoms with van der Waals surface area (Å²) in [4.78, 5) is 23.3. The van der Waals surface area contributed by atoms with Crippen LogP contribution in [0.3, 0.4) is 0 Å². The average Bonchev–Trinajstić information content (AvgIpc) is 1.84. The standard InChI is InChI=1S/C5H7N3O2/c1-8-2-3(6)4(9)7-5(8)10/h2H,6H2,1H3,(H,7,9,10). The van der Waals surface area contributed by atoms with Gasteiger partial charge in [0.25, 0.3) is 5.56 Å². The Kier molecular flexibility index (Phi) is 1.33. The minimum atomic E-state index is -0.539. The first-order chi connectivity index (χ1) is 4.61. The lowest BCUT2D eigenvalue weighted by atomic mass is 10.5. The molecule has 0 atom stereocenters.